The minimum absolute atomic E-state index is 0.00985. The van der Waals surface area contributed by atoms with Crippen molar-refractivity contribution in [3.05, 3.63) is 0 Å². The van der Waals surface area contributed by atoms with Crippen LogP contribution in [0.4, 0.5) is 4.39 Å². The van der Waals surface area contributed by atoms with Gasteiger partial charge in [0.05, 0.1) is 12.1 Å². The highest BCUT2D eigenvalue weighted by molar-refractivity contribution is 6.29. The molecule has 0 aromatic carbocycles. The summed E-state index contributed by atoms with van der Waals surface area (Å²) >= 11 is 5.17. The van der Waals surface area contributed by atoms with Gasteiger partial charge >= 0.3 is 0 Å². The Hall–Kier alpha value is -0.350. The van der Waals surface area contributed by atoms with E-state index in [9.17, 15) is 9.18 Å². The van der Waals surface area contributed by atoms with Crippen LogP contribution in [0.1, 0.15) is 20.3 Å². The van der Waals surface area contributed by atoms with E-state index in [1.807, 2.05) is 13.8 Å². The normalized spacial score (nSPS) is 28.5. The van der Waals surface area contributed by atoms with Crippen molar-refractivity contribution in [3.8, 4) is 0 Å². The molecule has 1 amide bonds. The van der Waals surface area contributed by atoms with Crippen LogP contribution < -0.4 is 0 Å². The number of ether oxygens (including phenoxy) is 1. The van der Waals surface area contributed by atoms with E-state index < -0.39 is 11.5 Å². The predicted octanol–water partition coefficient (Wildman–Crippen LogP) is 1.79. The van der Waals surface area contributed by atoms with Crippen molar-refractivity contribution in [2.75, 3.05) is 13.7 Å². The molecule has 3 atom stereocenters. The minimum atomic E-state index is -1.94. The number of hydrogen-bond donors (Lipinski definition) is 0. The molecule has 1 fully saturated rings. The van der Waals surface area contributed by atoms with E-state index >= 15 is 0 Å². The molecule has 1 aliphatic rings. The number of alkyl halides is 2. The molecule has 0 aromatic heterocycles. The second-order valence-corrected chi connectivity index (χ2v) is 4.51. The van der Waals surface area contributed by atoms with Crippen molar-refractivity contribution in [2.24, 2.45) is 5.92 Å². The number of methoxy groups -OCH3 is 1. The first-order chi connectivity index (χ1) is 6.99. The van der Waals surface area contributed by atoms with Crippen LogP contribution >= 0.6 is 11.6 Å². The topological polar surface area (TPSA) is 29.5 Å². The van der Waals surface area contributed by atoms with Gasteiger partial charge in [-0.15, -0.1) is 0 Å². The maximum atomic E-state index is 12.7. The first kappa shape index (κ1) is 12.7. The largest absolute Gasteiger partial charge is 0.379 e. The minimum Gasteiger partial charge on any atom is -0.379 e. The lowest BCUT2D eigenvalue weighted by atomic mass is 9.99. The molecule has 1 rings (SSSR count). The van der Waals surface area contributed by atoms with Crippen LogP contribution in [0, 0.1) is 5.92 Å². The third-order valence-corrected chi connectivity index (χ3v) is 3.04. The fourth-order valence-electron chi connectivity index (χ4n) is 2.22. The van der Waals surface area contributed by atoms with Crippen molar-refractivity contribution in [1.82, 2.24) is 4.90 Å². The Morgan fingerprint density at radius 1 is 1.60 bits per heavy atom. The Kier molecular flexibility index (Phi) is 4.34. The molecule has 1 unspecified atom stereocenters. The van der Waals surface area contributed by atoms with E-state index in [0.717, 1.165) is 6.42 Å². The average Bonchev–Trinajstić information content (AvgIpc) is 2.59. The van der Waals surface area contributed by atoms with Crippen molar-refractivity contribution in [3.63, 3.8) is 0 Å². The average molecular weight is 238 g/mol. The van der Waals surface area contributed by atoms with Gasteiger partial charge in [0, 0.05) is 13.7 Å². The molecule has 5 heteroatoms. The molecule has 15 heavy (non-hydrogen) atoms. The smallest absolute Gasteiger partial charge is 0.273 e. The molecule has 0 N–H and O–H groups in total. The molecule has 0 aromatic rings. The molecule has 1 aliphatic heterocycles. The summed E-state index contributed by atoms with van der Waals surface area (Å²) in [7, 11) is 1.61. The first-order valence-electron chi connectivity index (χ1n) is 5.10. The lowest BCUT2D eigenvalue weighted by molar-refractivity contribution is -0.136. The van der Waals surface area contributed by atoms with Gasteiger partial charge in [0.15, 0.2) is 0 Å². The summed E-state index contributed by atoms with van der Waals surface area (Å²) in [5.74, 6) is -0.410. The van der Waals surface area contributed by atoms with Crippen LogP contribution in [0.5, 0.6) is 0 Å². The van der Waals surface area contributed by atoms with Crippen molar-refractivity contribution in [2.45, 2.75) is 38.0 Å². The Bertz CT molecular complexity index is 235. The summed E-state index contributed by atoms with van der Waals surface area (Å²) in [6.45, 7) is 4.50. The molecule has 88 valence electrons. The molecule has 0 spiro atoms. The zero-order valence-electron chi connectivity index (χ0n) is 9.24. The van der Waals surface area contributed by atoms with Gasteiger partial charge in [0.25, 0.3) is 11.5 Å². The zero-order chi connectivity index (χ0) is 11.6. The third-order valence-electron chi connectivity index (χ3n) is 2.85. The number of hydrogen-bond acceptors (Lipinski definition) is 2. The van der Waals surface area contributed by atoms with E-state index in [1.165, 1.54) is 4.90 Å². The number of carbonyl (C=O) groups excluding carboxylic acids is 1. The van der Waals surface area contributed by atoms with Gasteiger partial charge in [-0.3, -0.25) is 4.79 Å². The molecular weight excluding hydrogens is 221 g/mol. The number of amides is 1. The summed E-state index contributed by atoms with van der Waals surface area (Å²) in [4.78, 5) is 13.0. The molecule has 0 bridgehead atoms. The van der Waals surface area contributed by atoms with Crippen LogP contribution in [0.3, 0.4) is 0 Å². The monoisotopic (exact) mass is 237 g/mol. The van der Waals surface area contributed by atoms with E-state index in [0.29, 0.717) is 6.54 Å². The van der Waals surface area contributed by atoms with Gasteiger partial charge in [-0.2, -0.15) is 0 Å². The van der Waals surface area contributed by atoms with E-state index in [2.05, 4.69) is 0 Å². The van der Waals surface area contributed by atoms with Crippen LogP contribution in [0.25, 0.3) is 0 Å². The number of carbonyl (C=O) groups is 1. The second kappa shape index (κ2) is 5.12. The molecule has 0 radical (unpaired) electrons. The Morgan fingerprint density at radius 3 is 2.60 bits per heavy atom. The SMILES string of the molecule is CO[C@@H]1CCN(C(=O)C(F)Cl)[C@@H]1C(C)C. The number of nitrogens with zero attached hydrogens (tertiary/aromatic N) is 1. The zero-order valence-corrected chi connectivity index (χ0v) is 10.00. The van der Waals surface area contributed by atoms with Crippen LogP contribution in [-0.4, -0.2) is 42.2 Å². The molecule has 1 heterocycles. The maximum Gasteiger partial charge on any atom is 0.273 e. The van der Waals surface area contributed by atoms with Gasteiger partial charge in [-0.25, -0.2) is 4.39 Å². The van der Waals surface area contributed by atoms with Crippen molar-refractivity contribution >= 4 is 17.5 Å². The maximum absolute atomic E-state index is 12.7. The lowest BCUT2D eigenvalue weighted by Gasteiger charge is -2.30. The van der Waals surface area contributed by atoms with Gasteiger partial charge in [-0.05, 0) is 12.3 Å². The third kappa shape index (κ3) is 2.61. The van der Waals surface area contributed by atoms with Crippen LogP contribution in [-0.2, 0) is 9.53 Å². The molecular formula is C10H17ClFNO2. The summed E-state index contributed by atoms with van der Waals surface area (Å²) in [6, 6.07) is -0.0699. The van der Waals surface area contributed by atoms with E-state index in [1.54, 1.807) is 7.11 Å². The van der Waals surface area contributed by atoms with Crippen LogP contribution in [0.2, 0.25) is 0 Å². The van der Waals surface area contributed by atoms with Gasteiger partial charge in [0.1, 0.15) is 0 Å². The number of likely N-dealkylation sites (tertiary alicyclic amines) is 1. The summed E-state index contributed by atoms with van der Waals surface area (Å²) in [6.07, 6.45) is 0.735. The number of rotatable bonds is 3. The number of halogens is 2. The Morgan fingerprint density at radius 2 is 2.20 bits per heavy atom. The molecule has 0 aliphatic carbocycles. The molecule has 0 saturated carbocycles. The second-order valence-electron chi connectivity index (χ2n) is 4.13. The fourth-order valence-corrected chi connectivity index (χ4v) is 2.34. The summed E-state index contributed by atoms with van der Waals surface area (Å²) in [5.41, 5.74) is -1.94. The van der Waals surface area contributed by atoms with Crippen LogP contribution in [0.15, 0.2) is 0 Å². The highest BCUT2D eigenvalue weighted by atomic mass is 35.5. The molecule has 1 saturated heterocycles. The highest BCUT2D eigenvalue weighted by Gasteiger charge is 2.40. The van der Waals surface area contributed by atoms with Crippen molar-refractivity contribution in [1.29, 1.82) is 0 Å². The molecule has 3 nitrogen and oxygen atoms in total. The standard InChI is InChI=1S/C10H17ClFNO2/c1-6(2)8-7(15-3)4-5-13(8)10(14)9(11)12/h6-9H,4-5H2,1-3H3/t7-,8-,9?/m1/s1. The Labute approximate surface area is 94.5 Å². The lowest BCUT2D eigenvalue weighted by Crippen LogP contribution is -2.45. The van der Waals surface area contributed by atoms with Crippen molar-refractivity contribution < 1.29 is 13.9 Å². The van der Waals surface area contributed by atoms with E-state index in [4.69, 9.17) is 16.3 Å². The van der Waals surface area contributed by atoms with Gasteiger partial charge < -0.3 is 9.64 Å². The Balaban J connectivity index is 2.77. The predicted molar refractivity (Wildman–Crippen MR) is 56.5 cm³/mol. The quantitative estimate of drug-likeness (QED) is 0.701. The highest BCUT2D eigenvalue weighted by Crippen LogP contribution is 2.27. The first-order valence-corrected chi connectivity index (χ1v) is 5.54. The van der Waals surface area contributed by atoms with Gasteiger partial charge in [0.2, 0.25) is 0 Å². The van der Waals surface area contributed by atoms with Gasteiger partial charge in [-0.1, -0.05) is 25.4 Å². The fraction of sp³-hybridized carbons (Fsp3) is 0.900. The van der Waals surface area contributed by atoms with E-state index in [-0.39, 0.29) is 18.1 Å². The summed E-state index contributed by atoms with van der Waals surface area (Å²) in [5, 5.41) is 0. The summed E-state index contributed by atoms with van der Waals surface area (Å²) < 4.78 is 18.0.